The molecule has 2 aromatic rings. The van der Waals surface area contributed by atoms with Gasteiger partial charge in [0.25, 0.3) is 0 Å². The minimum Gasteiger partial charge on any atom is -0.367 e. The smallest absolute Gasteiger partial charge is 0.367 e. The molecule has 0 atom stereocenters. The number of nitrogens with zero attached hydrogens (tertiary/aromatic N) is 2. The predicted molar refractivity (Wildman–Crippen MR) is 110 cm³/mol. The number of rotatable bonds is 5. The molecular weight excluding hydrogens is 475 g/mol. The maximum Gasteiger partial charge on any atom is 0.398 e. The van der Waals surface area contributed by atoms with Crippen molar-refractivity contribution in [2.75, 3.05) is 36.8 Å². The molecule has 3 rings (SSSR count). The van der Waals surface area contributed by atoms with Gasteiger partial charge in [0.15, 0.2) is 0 Å². The summed E-state index contributed by atoms with van der Waals surface area (Å²) in [5.74, 6) is -1.73. The van der Waals surface area contributed by atoms with E-state index < -0.39 is 17.7 Å². The van der Waals surface area contributed by atoms with Crippen LogP contribution >= 0.6 is 27.7 Å². The fraction of sp³-hybridized carbons (Fsp3) is 0.400. The van der Waals surface area contributed by atoms with Crippen LogP contribution in [0, 0.1) is 18.6 Å². The van der Waals surface area contributed by atoms with Crippen molar-refractivity contribution in [1.82, 2.24) is 4.90 Å². The van der Waals surface area contributed by atoms with E-state index in [0.717, 1.165) is 0 Å². The van der Waals surface area contributed by atoms with Crippen LogP contribution in [0.4, 0.5) is 27.6 Å². The molecule has 0 unspecified atom stereocenters. The number of hydrogen-bond acceptors (Lipinski definition) is 3. The summed E-state index contributed by atoms with van der Waals surface area (Å²) in [5.41, 5.74) is 1.40. The number of thioether (sulfide) groups is 1. The Bertz CT molecular complexity index is 867. The van der Waals surface area contributed by atoms with Gasteiger partial charge in [-0.3, -0.25) is 4.90 Å². The lowest BCUT2D eigenvalue weighted by molar-refractivity contribution is -0.105. The average Bonchev–Trinajstić information content (AvgIpc) is 2.63. The van der Waals surface area contributed by atoms with Crippen LogP contribution in [0.3, 0.4) is 0 Å². The normalized spacial score (nSPS) is 15.8. The van der Waals surface area contributed by atoms with E-state index in [-0.39, 0.29) is 5.82 Å². The topological polar surface area (TPSA) is 6.48 Å². The lowest BCUT2D eigenvalue weighted by Gasteiger charge is -2.36. The Balaban J connectivity index is 1.65. The van der Waals surface area contributed by atoms with Crippen LogP contribution < -0.4 is 4.90 Å². The van der Waals surface area contributed by atoms with Crippen LogP contribution in [0.1, 0.15) is 11.1 Å². The zero-order chi connectivity index (χ0) is 21.2. The molecule has 1 aliphatic rings. The van der Waals surface area contributed by atoms with Crippen LogP contribution in [-0.2, 0) is 6.54 Å². The van der Waals surface area contributed by atoms with E-state index in [1.165, 1.54) is 18.2 Å². The number of hydrogen-bond donors (Lipinski definition) is 0. The van der Waals surface area contributed by atoms with E-state index in [0.29, 0.717) is 70.7 Å². The number of aryl methyl sites for hydroxylation is 1. The molecule has 0 radical (unpaired) electrons. The molecule has 1 saturated heterocycles. The molecule has 9 heteroatoms. The van der Waals surface area contributed by atoms with Gasteiger partial charge in [0, 0.05) is 47.7 Å². The first kappa shape index (κ1) is 22.4. The largest absolute Gasteiger partial charge is 0.398 e. The Kier molecular flexibility index (Phi) is 7.11. The molecule has 1 heterocycles. The fourth-order valence-electron chi connectivity index (χ4n) is 3.24. The van der Waals surface area contributed by atoms with Crippen molar-refractivity contribution in [3.63, 3.8) is 0 Å². The lowest BCUT2D eigenvalue weighted by Crippen LogP contribution is -2.46. The van der Waals surface area contributed by atoms with Gasteiger partial charge in [-0.1, -0.05) is 22.0 Å². The molecule has 0 spiro atoms. The maximum atomic E-state index is 14.5. The molecule has 0 amide bonds. The first-order valence-electron chi connectivity index (χ1n) is 9.03. The molecule has 1 fully saturated rings. The SMILES string of the molecule is Cc1cc(F)c(N2CCN(Cc3ccc(Br)cc3F)CC2)cc1SCC(F)(F)F. The third-order valence-electron chi connectivity index (χ3n) is 4.76. The zero-order valence-electron chi connectivity index (χ0n) is 15.7. The summed E-state index contributed by atoms with van der Waals surface area (Å²) < 4.78 is 66.8. The van der Waals surface area contributed by atoms with Crippen molar-refractivity contribution < 1.29 is 22.0 Å². The summed E-state index contributed by atoms with van der Waals surface area (Å²) in [7, 11) is 0. The van der Waals surface area contributed by atoms with E-state index in [1.54, 1.807) is 19.1 Å². The van der Waals surface area contributed by atoms with Crippen molar-refractivity contribution in [2.24, 2.45) is 0 Å². The Morgan fingerprint density at radius 3 is 2.31 bits per heavy atom. The van der Waals surface area contributed by atoms with Gasteiger partial charge in [0.05, 0.1) is 11.4 Å². The summed E-state index contributed by atoms with van der Waals surface area (Å²) in [6, 6.07) is 7.74. The minimum atomic E-state index is -4.28. The van der Waals surface area contributed by atoms with Gasteiger partial charge in [-0.25, -0.2) is 8.78 Å². The highest BCUT2D eigenvalue weighted by molar-refractivity contribution is 9.10. The van der Waals surface area contributed by atoms with Crippen molar-refractivity contribution in [3.8, 4) is 0 Å². The highest BCUT2D eigenvalue weighted by Crippen LogP contribution is 2.34. The first-order chi connectivity index (χ1) is 13.6. The second-order valence-corrected chi connectivity index (χ2v) is 8.90. The highest BCUT2D eigenvalue weighted by Gasteiger charge is 2.28. The zero-order valence-corrected chi connectivity index (χ0v) is 18.1. The van der Waals surface area contributed by atoms with Gasteiger partial charge >= 0.3 is 6.18 Å². The Labute approximate surface area is 179 Å². The summed E-state index contributed by atoms with van der Waals surface area (Å²) in [6.45, 7) is 4.30. The van der Waals surface area contributed by atoms with Gasteiger partial charge in [-0.15, -0.1) is 11.8 Å². The van der Waals surface area contributed by atoms with Crippen molar-refractivity contribution in [1.29, 1.82) is 0 Å². The summed E-state index contributed by atoms with van der Waals surface area (Å²) in [4.78, 5) is 4.34. The molecule has 158 valence electrons. The third kappa shape index (κ3) is 6.08. The summed E-state index contributed by atoms with van der Waals surface area (Å²) in [5, 5.41) is 0. The highest BCUT2D eigenvalue weighted by atomic mass is 79.9. The van der Waals surface area contributed by atoms with E-state index >= 15 is 0 Å². The van der Waals surface area contributed by atoms with Crippen molar-refractivity contribution in [3.05, 3.63) is 57.6 Å². The summed E-state index contributed by atoms with van der Waals surface area (Å²) in [6.07, 6.45) is -4.28. The van der Waals surface area contributed by atoms with Gasteiger partial charge < -0.3 is 4.90 Å². The van der Waals surface area contributed by atoms with Gasteiger partial charge in [-0.05, 0) is 36.8 Å². The molecular formula is C20H20BrF5N2S. The van der Waals surface area contributed by atoms with Crippen LogP contribution in [0.5, 0.6) is 0 Å². The Morgan fingerprint density at radius 1 is 1.00 bits per heavy atom. The molecule has 2 nitrogen and oxygen atoms in total. The second-order valence-electron chi connectivity index (χ2n) is 6.97. The molecule has 0 N–H and O–H groups in total. The van der Waals surface area contributed by atoms with Gasteiger partial charge in [-0.2, -0.15) is 13.2 Å². The monoisotopic (exact) mass is 494 g/mol. The van der Waals surface area contributed by atoms with Gasteiger partial charge in [0.2, 0.25) is 0 Å². The van der Waals surface area contributed by atoms with E-state index in [9.17, 15) is 22.0 Å². The van der Waals surface area contributed by atoms with Crippen LogP contribution in [0.2, 0.25) is 0 Å². The van der Waals surface area contributed by atoms with Crippen molar-refractivity contribution in [2.45, 2.75) is 24.5 Å². The standard InChI is InChI=1S/C20H20BrF5N2S/c1-13-8-17(23)18(10-19(13)29-12-20(24,25)26)28-6-4-27(5-7-28)11-14-2-3-15(21)9-16(14)22/h2-3,8-10H,4-7,11-12H2,1H3. The molecule has 0 aromatic heterocycles. The number of halogens is 6. The van der Waals surface area contributed by atoms with Gasteiger partial charge in [0.1, 0.15) is 11.6 Å². The number of anilines is 1. The number of alkyl halides is 3. The molecule has 29 heavy (non-hydrogen) atoms. The van der Waals surface area contributed by atoms with E-state index in [2.05, 4.69) is 20.8 Å². The van der Waals surface area contributed by atoms with E-state index in [4.69, 9.17) is 0 Å². The van der Waals surface area contributed by atoms with Crippen LogP contribution in [0.25, 0.3) is 0 Å². The van der Waals surface area contributed by atoms with Crippen LogP contribution in [-0.4, -0.2) is 43.0 Å². The lowest BCUT2D eigenvalue weighted by atomic mass is 10.1. The number of piperazine rings is 1. The minimum absolute atomic E-state index is 0.280. The number of benzene rings is 2. The summed E-state index contributed by atoms with van der Waals surface area (Å²) >= 11 is 3.91. The third-order valence-corrected chi connectivity index (χ3v) is 6.47. The molecule has 0 aliphatic carbocycles. The second kappa shape index (κ2) is 9.22. The van der Waals surface area contributed by atoms with Crippen molar-refractivity contribution >= 4 is 33.4 Å². The average molecular weight is 495 g/mol. The maximum absolute atomic E-state index is 14.5. The molecule has 0 bridgehead atoms. The molecule has 1 aliphatic heterocycles. The quantitative estimate of drug-likeness (QED) is 0.371. The molecule has 2 aromatic carbocycles. The Hall–Kier alpha value is -1.32. The fourth-order valence-corrected chi connectivity index (χ4v) is 4.37. The Morgan fingerprint density at radius 2 is 1.69 bits per heavy atom. The molecule has 0 saturated carbocycles. The predicted octanol–water partition coefficient (Wildman–Crippen LogP) is 6.01. The van der Waals surface area contributed by atoms with Crippen LogP contribution in [0.15, 0.2) is 39.7 Å². The first-order valence-corrected chi connectivity index (χ1v) is 10.8. The van der Waals surface area contributed by atoms with E-state index in [1.807, 2.05) is 4.90 Å².